The first kappa shape index (κ1) is 10.6. The maximum absolute atomic E-state index is 7.47. The Morgan fingerprint density at radius 3 is 2.27 bits per heavy atom. The van der Waals surface area contributed by atoms with Gasteiger partial charge in [-0.2, -0.15) is 0 Å². The molecule has 2 atom stereocenters. The Balaban J connectivity index is 3.91. The fourth-order valence-electron chi connectivity index (χ4n) is 1.24. The van der Waals surface area contributed by atoms with E-state index in [4.69, 9.17) is 5.41 Å². The summed E-state index contributed by atoms with van der Waals surface area (Å²) in [5.74, 6) is 0.375. The highest BCUT2D eigenvalue weighted by atomic mass is 14.9. The van der Waals surface area contributed by atoms with Crippen molar-refractivity contribution in [1.82, 2.24) is 5.32 Å². The van der Waals surface area contributed by atoms with Gasteiger partial charge in [0.25, 0.3) is 0 Å². The molecule has 0 aromatic rings. The summed E-state index contributed by atoms with van der Waals surface area (Å²) in [5, 5.41) is 10.8. The van der Waals surface area contributed by atoms with E-state index in [9.17, 15) is 0 Å². The molecule has 0 amide bonds. The SMILES string of the molecule is CCNC(CC)C(C)C(C)=N. The molecule has 0 saturated carbocycles. The highest BCUT2D eigenvalue weighted by molar-refractivity contribution is 5.81. The summed E-state index contributed by atoms with van der Waals surface area (Å²) in [7, 11) is 0. The van der Waals surface area contributed by atoms with E-state index in [0.29, 0.717) is 12.0 Å². The number of rotatable bonds is 5. The normalized spacial score (nSPS) is 16.0. The minimum atomic E-state index is 0.375. The summed E-state index contributed by atoms with van der Waals surface area (Å²) < 4.78 is 0. The molecule has 0 aromatic heterocycles. The molecule has 0 heterocycles. The van der Waals surface area contributed by atoms with Crippen LogP contribution in [0.1, 0.15) is 34.1 Å². The fraction of sp³-hybridized carbons (Fsp3) is 0.889. The molecule has 2 nitrogen and oxygen atoms in total. The summed E-state index contributed by atoms with van der Waals surface area (Å²) in [6.45, 7) is 9.25. The average Bonchev–Trinajstić information content (AvgIpc) is 1.98. The molecular formula is C9H20N2. The molecular weight excluding hydrogens is 136 g/mol. The first-order valence-corrected chi connectivity index (χ1v) is 4.41. The second-order valence-electron chi connectivity index (χ2n) is 3.04. The maximum Gasteiger partial charge on any atom is 0.0142 e. The van der Waals surface area contributed by atoms with Gasteiger partial charge in [0.05, 0.1) is 0 Å². The van der Waals surface area contributed by atoms with Gasteiger partial charge >= 0.3 is 0 Å². The van der Waals surface area contributed by atoms with Crippen LogP contribution in [0.5, 0.6) is 0 Å². The predicted molar refractivity (Wildman–Crippen MR) is 50.3 cm³/mol. The summed E-state index contributed by atoms with van der Waals surface area (Å²) in [6, 6.07) is 0.484. The van der Waals surface area contributed by atoms with Crippen molar-refractivity contribution in [3.05, 3.63) is 0 Å². The largest absolute Gasteiger partial charge is 0.314 e. The lowest BCUT2D eigenvalue weighted by molar-refractivity contribution is 0.443. The summed E-state index contributed by atoms with van der Waals surface area (Å²) in [4.78, 5) is 0. The molecule has 0 radical (unpaired) electrons. The van der Waals surface area contributed by atoms with E-state index in [0.717, 1.165) is 18.7 Å². The zero-order chi connectivity index (χ0) is 8.85. The summed E-state index contributed by atoms with van der Waals surface area (Å²) >= 11 is 0. The third-order valence-corrected chi connectivity index (χ3v) is 2.19. The third kappa shape index (κ3) is 3.51. The van der Waals surface area contributed by atoms with E-state index in [1.165, 1.54) is 0 Å². The van der Waals surface area contributed by atoms with Crippen LogP contribution in [0, 0.1) is 11.3 Å². The van der Waals surface area contributed by atoms with E-state index in [-0.39, 0.29) is 0 Å². The van der Waals surface area contributed by atoms with Crippen molar-refractivity contribution in [2.75, 3.05) is 6.54 Å². The molecule has 0 aliphatic rings. The van der Waals surface area contributed by atoms with Crippen molar-refractivity contribution in [2.24, 2.45) is 5.92 Å². The second kappa shape index (κ2) is 5.30. The Kier molecular flexibility index (Phi) is 5.12. The van der Waals surface area contributed by atoms with Gasteiger partial charge in [0.1, 0.15) is 0 Å². The van der Waals surface area contributed by atoms with Crippen LogP contribution in [0.2, 0.25) is 0 Å². The Hall–Kier alpha value is -0.370. The van der Waals surface area contributed by atoms with Gasteiger partial charge in [-0.3, -0.25) is 0 Å². The van der Waals surface area contributed by atoms with Crippen molar-refractivity contribution >= 4 is 5.71 Å². The van der Waals surface area contributed by atoms with E-state index in [1.54, 1.807) is 0 Å². The van der Waals surface area contributed by atoms with Crippen LogP contribution in [-0.2, 0) is 0 Å². The molecule has 66 valence electrons. The molecule has 0 aliphatic heterocycles. The second-order valence-corrected chi connectivity index (χ2v) is 3.04. The molecule has 0 aliphatic carbocycles. The van der Waals surface area contributed by atoms with Gasteiger partial charge in [-0.15, -0.1) is 0 Å². The van der Waals surface area contributed by atoms with Crippen LogP contribution in [0.4, 0.5) is 0 Å². The van der Waals surface area contributed by atoms with Crippen LogP contribution in [0.25, 0.3) is 0 Å². The highest BCUT2D eigenvalue weighted by Crippen LogP contribution is 2.07. The molecule has 0 aromatic carbocycles. The minimum Gasteiger partial charge on any atom is -0.314 e. The third-order valence-electron chi connectivity index (χ3n) is 2.19. The standard InChI is InChI=1S/C9H20N2/c1-5-9(11-6-2)7(3)8(4)10/h7,9-11H,5-6H2,1-4H3. The van der Waals surface area contributed by atoms with Gasteiger partial charge in [-0.25, -0.2) is 0 Å². The highest BCUT2D eigenvalue weighted by Gasteiger charge is 2.14. The van der Waals surface area contributed by atoms with Crippen LogP contribution in [0.3, 0.4) is 0 Å². The molecule has 2 N–H and O–H groups in total. The van der Waals surface area contributed by atoms with E-state index < -0.39 is 0 Å². The van der Waals surface area contributed by atoms with E-state index in [2.05, 4.69) is 26.1 Å². The lowest BCUT2D eigenvalue weighted by Gasteiger charge is -2.22. The first-order chi connectivity index (χ1) is 5.13. The zero-order valence-electron chi connectivity index (χ0n) is 8.07. The zero-order valence-corrected chi connectivity index (χ0v) is 8.07. The first-order valence-electron chi connectivity index (χ1n) is 4.41. The Bertz CT molecular complexity index is 121. The van der Waals surface area contributed by atoms with Crippen molar-refractivity contribution < 1.29 is 0 Å². The molecule has 2 unspecified atom stereocenters. The van der Waals surface area contributed by atoms with Crippen molar-refractivity contribution in [2.45, 2.75) is 40.2 Å². The minimum absolute atomic E-state index is 0.375. The number of hydrogen-bond donors (Lipinski definition) is 2. The van der Waals surface area contributed by atoms with Gasteiger partial charge in [0, 0.05) is 17.7 Å². The molecule has 0 fully saturated rings. The van der Waals surface area contributed by atoms with Crippen molar-refractivity contribution in [1.29, 1.82) is 5.41 Å². The molecule has 0 spiro atoms. The number of hydrogen-bond acceptors (Lipinski definition) is 2. The van der Waals surface area contributed by atoms with Crippen LogP contribution in [0.15, 0.2) is 0 Å². The van der Waals surface area contributed by atoms with Crippen LogP contribution >= 0.6 is 0 Å². The lowest BCUT2D eigenvalue weighted by atomic mass is 9.95. The number of nitrogens with one attached hydrogen (secondary N) is 2. The topological polar surface area (TPSA) is 35.9 Å². The van der Waals surface area contributed by atoms with E-state index in [1.807, 2.05) is 6.92 Å². The molecule has 0 saturated heterocycles. The monoisotopic (exact) mass is 156 g/mol. The van der Waals surface area contributed by atoms with Gasteiger partial charge in [-0.1, -0.05) is 20.8 Å². The summed E-state index contributed by atoms with van der Waals surface area (Å²) in [5.41, 5.74) is 0.776. The average molecular weight is 156 g/mol. The molecule has 11 heavy (non-hydrogen) atoms. The fourth-order valence-corrected chi connectivity index (χ4v) is 1.24. The van der Waals surface area contributed by atoms with E-state index >= 15 is 0 Å². The Morgan fingerprint density at radius 1 is 1.45 bits per heavy atom. The summed E-state index contributed by atoms with van der Waals surface area (Å²) in [6.07, 6.45) is 1.10. The predicted octanol–water partition coefficient (Wildman–Crippen LogP) is 2.05. The lowest BCUT2D eigenvalue weighted by Crippen LogP contribution is -2.37. The van der Waals surface area contributed by atoms with Crippen molar-refractivity contribution in [3.8, 4) is 0 Å². The van der Waals surface area contributed by atoms with Gasteiger partial charge < -0.3 is 10.7 Å². The molecule has 0 rings (SSSR count). The van der Waals surface area contributed by atoms with Gasteiger partial charge in [0.2, 0.25) is 0 Å². The van der Waals surface area contributed by atoms with Crippen molar-refractivity contribution in [3.63, 3.8) is 0 Å². The smallest absolute Gasteiger partial charge is 0.0142 e. The Labute approximate surface area is 69.9 Å². The maximum atomic E-state index is 7.47. The molecule has 0 bridgehead atoms. The molecule has 2 heteroatoms. The van der Waals surface area contributed by atoms with Crippen LogP contribution < -0.4 is 5.32 Å². The van der Waals surface area contributed by atoms with Crippen LogP contribution in [-0.4, -0.2) is 18.3 Å². The quantitative estimate of drug-likeness (QED) is 0.587. The van der Waals surface area contributed by atoms with Gasteiger partial charge in [0.15, 0.2) is 0 Å². The Morgan fingerprint density at radius 2 is 2.00 bits per heavy atom. The van der Waals surface area contributed by atoms with Gasteiger partial charge in [-0.05, 0) is 19.9 Å².